The number of alkyl halides is 1. The molecule has 3 nitrogen and oxygen atoms in total. The van der Waals surface area contributed by atoms with E-state index < -0.39 is 6.17 Å². The standard InChI is InChI=1S/C8H16FN3/c9-6-4-2-1-3-5-7-8(6)11-12-10-7/h6-8,10-12H,1-5H2. The molecular formula is C8H16FN3. The first-order chi connectivity index (χ1) is 5.88. The van der Waals surface area contributed by atoms with Crippen molar-refractivity contribution < 1.29 is 4.39 Å². The van der Waals surface area contributed by atoms with Crippen molar-refractivity contribution in [1.82, 2.24) is 16.4 Å². The van der Waals surface area contributed by atoms with Gasteiger partial charge in [0.1, 0.15) is 6.17 Å². The minimum Gasteiger partial charge on any atom is -0.246 e. The average Bonchev–Trinajstić information content (AvgIpc) is 2.47. The molecule has 12 heavy (non-hydrogen) atoms. The molecular weight excluding hydrogens is 157 g/mol. The van der Waals surface area contributed by atoms with Gasteiger partial charge in [0, 0.05) is 6.04 Å². The van der Waals surface area contributed by atoms with Gasteiger partial charge in [-0.1, -0.05) is 19.3 Å². The minimum atomic E-state index is -0.696. The second-order valence-electron chi connectivity index (χ2n) is 3.70. The zero-order valence-electron chi connectivity index (χ0n) is 7.15. The van der Waals surface area contributed by atoms with Gasteiger partial charge in [-0.25, -0.2) is 15.2 Å². The summed E-state index contributed by atoms with van der Waals surface area (Å²) in [4.78, 5) is 0. The Bertz CT molecular complexity index is 153. The maximum absolute atomic E-state index is 13.4. The molecule has 0 bridgehead atoms. The van der Waals surface area contributed by atoms with E-state index in [0.717, 1.165) is 12.8 Å². The number of halogens is 1. The largest absolute Gasteiger partial charge is 0.246 e. The molecule has 3 N–H and O–H groups in total. The van der Waals surface area contributed by atoms with Crippen LogP contribution < -0.4 is 16.4 Å². The summed E-state index contributed by atoms with van der Waals surface area (Å²) in [6, 6.07) is 0.255. The van der Waals surface area contributed by atoms with E-state index in [4.69, 9.17) is 0 Å². The predicted octanol–water partition coefficient (Wildman–Crippen LogP) is 0.638. The Morgan fingerprint density at radius 1 is 1.00 bits per heavy atom. The fourth-order valence-electron chi connectivity index (χ4n) is 2.06. The van der Waals surface area contributed by atoms with Crippen molar-refractivity contribution in [3.8, 4) is 0 Å². The van der Waals surface area contributed by atoms with Crippen molar-refractivity contribution in [3.63, 3.8) is 0 Å². The summed E-state index contributed by atoms with van der Waals surface area (Å²) in [6.45, 7) is 0. The fourth-order valence-corrected chi connectivity index (χ4v) is 2.06. The van der Waals surface area contributed by atoms with Gasteiger partial charge in [-0.3, -0.25) is 0 Å². The molecule has 2 rings (SSSR count). The summed E-state index contributed by atoms with van der Waals surface area (Å²) in [5.74, 6) is 0. The summed E-state index contributed by atoms with van der Waals surface area (Å²) in [6.07, 6.45) is 4.50. The molecule has 1 aliphatic carbocycles. The molecule has 0 amide bonds. The van der Waals surface area contributed by atoms with Crippen LogP contribution >= 0.6 is 0 Å². The zero-order valence-corrected chi connectivity index (χ0v) is 7.15. The van der Waals surface area contributed by atoms with Gasteiger partial charge in [-0.2, -0.15) is 5.53 Å². The van der Waals surface area contributed by atoms with Crippen molar-refractivity contribution >= 4 is 0 Å². The molecule has 2 aliphatic rings. The highest BCUT2D eigenvalue weighted by Gasteiger charge is 2.33. The van der Waals surface area contributed by atoms with Crippen molar-refractivity contribution in [2.75, 3.05) is 0 Å². The Balaban J connectivity index is 1.98. The first-order valence-electron chi connectivity index (χ1n) is 4.78. The molecule has 1 saturated carbocycles. The molecule has 0 spiro atoms. The normalized spacial score (nSPS) is 43.2. The molecule has 0 aromatic rings. The molecule has 0 aromatic heterocycles. The molecule has 2 fully saturated rings. The van der Waals surface area contributed by atoms with E-state index in [2.05, 4.69) is 16.4 Å². The minimum absolute atomic E-state index is 0.0229. The highest BCUT2D eigenvalue weighted by Crippen LogP contribution is 2.21. The molecule has 1 aliphatic heterocycles. The van der Waals surface area contributed by atoms with Crippen LogP contribution in [0.25, 0.3) is 0 Å². The number of fused-ring (bicyclic) bond motifs is 1. The number of rotatable bonds is 0. The topological polar surface area (TPSA) is 36.1 Å². The van der Waals surface area contributed by atoms with Gasteiger partial charge < -0.3 is 0 Å². The first-order valence-corrected chi connectivity index (χ1v) is 4.78. The zero-order chi connectivity index (χ0) is 8.39. The van der Waals surface area contributed by atoms with Crippen molar-refractivity contribution in [2.45, 2.75) is 50.4 Å². The molecule has 1 heterocycles. The lowest BCUT2D eigenvalue weighted by atomic mass is 9.92. The highest BCUT2D eigenvalue weighted by molar-refractivity contribution is 4.90. The molecule has 1 saturated heterocycles. The van der Waals surface area contributed by atoms with Crippen molar-refractivity contribution in [3.05, 3.63) is 0 Å². The Morgan fingerprint density at radius 3 is 2.75 bits per heavy atom. The van der Waals surface area contributed by atoms with Crippen LogP contribution in [0.4, 0.5) is 4.39 Å². The van der Waals surface area contributed by atoms with Gasteiger partial charge in [0.05, 0.1) is 6.04 Å². The van der Waals surface area contributed by atoms with Crippen LogP contribution in [0, 0.1) is 0 Å². The number of hydrogen-bond acceptors (Lipinski definition) is 3. The Hall–Kier alpha value is -0.190. The van der Waals surface area contributed by atoms with Crippen molar-refractivity contribution in [1.29, 1.82) is 0 Å². The molecule has 0 radical (unpaired) electrons. The summed E-state index contributed by atoms with van der Waals surface area (Å²) in [7, 11) is 0. The SMILES string of the molecule is FC1CCCCCC2NNNC12. The summed E-state index contributed by atoms with van der Waals surface area (Å²) in [5.41, 5.74) is 8.81. The lowest BCUT2D eigenvalue weighted by Crippen LogP contribution is -2.42. The van der Waals surface area contributed by atoms with E-state index in [0.29, 0.717) is 6.42 Å². The third-order valence-corrected chi connectivity index (χ3v) is 2.81. The van der Waals surface area contributed by atoms with Gasteiger partial charge in [0.2, 0.25) is 0 Å². The smallest absolute Gasteiger partial charge is 0.118 e. The van der Waals surface area contributed by atoms with E-state index in [9.17, 15) is 4.39 Å². The second-order valence-corrected chi connectivity index (χ2v) is 3.70. The van der Waals surface area contributed by atoms with Gasteiger partial charge in [-0.05, 0) is 12.8 Å². The van der Waals surface area contributed by atoms with Crippen molar-refractivity contribution in [2.24, 2.45) is 0 Å². The Labute approximate surface area is 72.0 Å². The molecule has 70 valence electrons. The lowest BCUT2D eigenvalue weighted by molar-refractivity contribution is 0.210. The van der Waals surface area contributed by atoms with E-state index in [1.807, 2.05) is 0 Å². The van der Waals surface area contributed by atoms with E-state index in [1.165, 1.54) is 12.8 Å². The number of hydrogen-bond donors (Lipinski definition) is 3. The maximum atomic E-state index is 13.4. The molecule has 4 heteroatoms. The van der Waals surface area contributed by atoms with Gasteiger partial charge in [-0.15, -0.1) is 0 Å². The average molecular weight is 173 g/mol. The van der Waals surface area contributed by atoms with E-state index >= 15 is 0 Å². The predicted molar refractivity (Wildman–Crippen MR) is 45.0 cm³/mol. The summed E-state index contributed by atoms with van der Waals surface area (Å²) in [5, 5.41) is 0. The quantitative estimate of drug-likeness (QED) is 0.503. The first kappa shape index (κ1) is 8.41. The molecule has 0 aromatic carbocycles. The molecule has 3 unspecified atom stereocenters. The lowest BCUT2D eigenvalue weighted by Gasteiger charge is -2.23. The van der Waals surface area contributed by atoms with E-state index in [-0.39, 0.29) is 12.1 Å². The Kier molecular flexibility index (Phi) is 2.58. The maximum Gasteiger partial charge on any atom is 0.118 e. The van der Waals surface area contributed by atoms with Crippen LogP contribution in [-0.4, -0.2) is 18.3 Å². The number of nitrogens with one attached hydrogen (secondary N) is 3. The number of hydrazine groups is 2. The van der Waals surface area contributed by atoms with Crippen LogP contribution in [0.15, 0.2) is 0 Å². The third kappa shape index (κ3) is 1.60. The summed E-state index contributed by atoms with van der Waals surface area (Å²) >= 11 is 0. The van der Waals surface area contributed by atoms with Gasteiger partial charge in [0.15, 0.2) is 0 Å². The van der Waals surface area contributed by atoms with Crippen LogP contribution in [0.2, 0.25) is 0 Å². The monoisotopic (exact) mass is 173 g/mol. The third-order valence-electron chi connectivity index (χ3n) is 2.81. The second kappa shape index (κ2) is 3.68. The fraction of sp³-hybridized carbons (Fsp3) is 1.00. The van der Waals surface area contributed by atoms with Crippen LogP contribution in [0.1, 0.15) is 32.1 Å². The van der Waals surface area contributed by atoms with Gasteiger partial charge >= 0.3 is 0 Å². The van der Waals surface area contributed by atoms with Crippen LogP contribution in [0.3, 0.4) is 0 Å². The van der Waals surface area contributed by atoms with E-state index in [1.54, 1.807) is 0 Å². The van der Waals surface area contributed by atoms with Crippen LogP contribution in [-0.2, 0) is 0 Å². The van der Waals surface area contributed by atoms with Crippen LogP contribution in [0.5, 0.6) is 0 Å². The Morgan fingerprint density at radius 2 is 1.83 bits per heavy atom. The highest BCUT2D eigenvalue weighted by atomic mass is 19.1. The summed E-state index contributed by atoms with van der Waals surface area (Å²) < 4.78 is 13.4. The van der Waals surface area contributed by atoms with Gasteiger partial charge in [0.25, 0.3) is 0 Å². The molecule has 3 atom stereocenters.